The van der Waals surface area contributed by atoms with E-state index < -0.39 is 34.0 Å². The third-order valence-corrected chi connectivity index (χ3v) is 8.64. The SMILES string of the molecule is Cc1cc(C)c(S(=O)(=O)NC(CC(C)C)C(=O)NC2N=C(c3ccccc3)c3ccccc3N(C)C2=O)c(C)c1. The van der Waals surface area contributed by atoms with Crippen molar-refractivity contribution in [3.8, 4) is 0 Å². The van der Waals surface area contributed by atoms with Crippen LogP contribution in [0, 0.1) is 26.7 Å². The number of amides is 2. The highest BCUT2D eigenvalue weighted by Crippen LogP contribution is 2.27. The second kappa shape index (κ2) is 11.7. The van der Waals surface area contributed by atoms with E-state index in [1.807, 2.05) is 75.4 Å². The zero-order chi connectivity index (χ0) is 29.2. The lowest BCUT2D eigenvalue weighted by atomic mass is 10.0. The van der Waals surface area contributed by atoms with E-state index in [0.29, 0.717) is 22.5 Å². The molecule has 0 aliphatic carbocycles. The number of para-hydroxylation sites is 1. The van der Waals surface area contributed by atoms with Crippen LogP contribution in [-0.4, -0.2) is 45.2 Å². The molecule has 1 aliphatic heterocycles. The van der Waals surface area contributed by atoms with Crippen molar-refractivity contribution in [1.29, 1.82) is 0 Å². The van der Waals surface area contributed by atoms with Crippen LogP contribution in [0.2, 0.25) is 0 Å². The molecule has 2 N–H and O–H groups in total. The fourth-order valence-electron chi connectivity index (χ4n) is 5.19. The highest BCUT2D eigenvalue weighted by Gasteiger charge is 2.34. The van der Waals surface area contributed by atoms with Gasteiger partial charge in [0.1, 0.15) is 6.04 Å². The number of likely N-dealkylation sites (N-methyl/N-ethyl adjacent to an activating group) is 1. The number of aliphatic imine (C=N–C) groups is 1. The number of nitrogens with one attached hydrogen (secondary N) is 2. The van der Waals surface area contributed by atoms with Gasteiger partial charge in [-0.05, 0) is 50.3 Å². The smallest absolute Gasteiger partial charge is 0.272 e. The van der Waals surface area contributed by atoms with Gasteiger partial charge >= 0.3 is 0 Å². The van der Waals surface area contributed by atoms with E-state index in [2.05, 4.69) is 10.0 Å². The molecule has 0 fully saturated rings. The molecule has 2 atom stereocenters. The molecule has 40 heavy (non-hydrogen) atoms. The van der Waals surface area contributed by atoms with Gasteiger partial charge < -0.3 is 10.2 Å². The minimum absolute atomic E-state index is 0.00111. The molecule has 3 aromatic carbocycles. The molecule has 9 heteroatoms. The maximum Gasteiger partial charge on any atom is 0.272 e. The molecule has 0 bridgehead atoms. The average molecular weight is 561 g/mol. The first-order valence-corrected chi connectivity index (χ1v) is 14.8. The quantitative estimate of drug-likeness (QED) is 0.429. The molecule has 0 spiro atoms. The number of hydrogen-bond acceptors (Lipinski definition) is 5. The summed E-state index contributed by atoms with van der Waals surface area (Å²) in [4.78, 5) is 33.6. The minimum Gasteiger partial charge on any atom is -0.325 e. The van der Waals surface area contributed by atoms with Crippen LogP contribution in [0.5, 0.6) is 0 Å². The normalized spacial score (nSPS) is 16.3. The Bertz CT molecular complexity index is 1540. The fourth-order valence-corrected chi connectivity index (χ4v) is 6.86. The fraction of sp³-hybridized carbons (Fsp3) is 0.323. The lowest BCUT2D eigenvalue weighted by Crippen LogP contribution is -2.53. The van der Waals surface area contributed by atoms with E-state index >= 15 is 0 Å². The van der Waals surface area contributed by atoms with Crippen molar-refractivity contribution in [3.05, 3.63) is 94.5 Å². The van der Waals surface area contributed by atoms with Crippen molar-refractivity contribution in [3.63, 3.8) is 0 Å². The summed E-state index contributed by atoms with van der Waals surface area (Å²) < 4.78 is 29.7. The number of carbonyl (C=O) groups excluding carboxylic acids is 2. The number of carbonyl (C=O) groups is 2. The van der Waals surface area contributed by atoms with Crippen molar-refractivity contribution >= 4 is 33.2 Å². The first kappa shape index (κ1) is 29.2. The van der Waals surface area contributed by atoms with Gasteiger partial charge in [0.05, 0.1) is 16.3 Å². The molecule has 0 radical (unpaired) electrons. The number of aryl methyl sites for hydroxylation is 3. The number of benzene rings is 3. The molecule has 0 aromatic heterocycles. The standard InChI is InChI=1S/C31H36N4O4S/c1-19(2)16-25(34-40(38,39)28-21(4)17-20(3)18-22(28)5)30(36)33-29-31(37)35(6)26-15-11-10-14-24(26)27(32-29)23-12-8-7-9-13-23/h7-15,17-19,25,29,34H,16H2,1-6H3,(H,33,36). The van der Waals surface area contributed by atoms with Crippen LogP contribution in [0.25, 0.3) is 0 Å². The summed E-state index contributed by atoms with van der Waals surface area (Å²) in [6.07, 6.45) is -1.01. The van der Waals surface area contributed by atoms with Gasteiger partial charge in [-0.2, -0.15) is 4.72 Å². The molecular formula is C31H36N4O4S. The number of hydrogen-bond donors (Lipinski definition) is 2. The first-order chi connectivity index (χ1) is 18.9. The molecule has 0 saturated heterocycles. The van der Waals surface area contributed by atoms with Gasteiger partial charge in [-0.3, -0.25) is 9.59 Å². The van der Waals surface area contributed by atoms with Crippen molar-refractivity contribution in [2.45, 2.75) is 58.1 Å². The number of fused-ring (bicyclic) bond motifs is 1. The van der Waals surface area contributed by atoms with Gasteiger partial charge in [0.25, 0.3) is 5.91 Å². The van der Waals surface area contributed by atoms with Crippen LogP contribution in [0.4, 0.5) is 5.69 Å². The van der Waals surface area contributed by atoms with Gasteiger partial charge in [-0.25, -0.2) is 13.4 Å². The molecule has 2 amide bonds. The maximum atomic E-state index is 13.7. The van der Waals surface area contributed by atoms with Crippen LogP contribution < -0.4 is 14.9 Å². The predicted molar refractivity (Wildman–Crippen MR) is 158 cm³/mol. The van der Waals surface area contributed by atoms with Gasteiger partial charge in [0, 0.05) is 18.2 Å². The van der Waals surface area contributed by atoms with Gasteiger partial charge in [0.15, 0.2) is 0 Å². The van der Waals surface area contributed by atoms with Crippen molar-refractivity contribution in [2.24, 2.45) is 10.9 Å². The van der Waals surface area contributed by atoms with Crippen molar-refractivity contribution < 1.29 is 18.0 Å². The molecule has 8 nitrogen and oxygen atoms in total. The van der Waals surface area contributed by atoms with Crippen molar-refractivity contribution in [2.75, 3.05) is 11.9 Å². The number of nitrogens with zero attached hydrogens (tertiary/aromatic N) is 2. The first-order valence-electron chi connectivity index (χ1n) is 13.3. The highest BCUT2D eigenvalue weighted by atomic mass is 32.2. The summed E-state index contributed by atoms with van der Waals surface area (Å²) >= 11 is 0. The molecule has 210 valence electrons. The second-order valence-corrected chi connectivity index (χ2v) is 12.4. The Labute approximate surface area is 236 Å². The van der Waals surface area contributed by atoms with E-state index in [1.54, 1.807) is 33.0 Å². The topological polar surface area (TPSA) is 108 Å². The molecule has 2 unspecified atom stereocenters. The van der Waals surface area contributed by atoms with Crippen molar-refractivity contribution in [1.82, 2.24) is 10.0 Å². The lowest BCUT2D eigenvalue weighted by Gasteiger charge is -2.25. The third kappa shape index (κ3) is 6.16. The Morgan fingerprint density at radius 1 is 0.975 bits per heavy atom. The van der Waals surface area contributed by atoms with Crippen LogP contribution in [0.3, 0.4) is 0 Å². The van der Waals surface area contributed by atoms with Crippen LogP contribution >= 0.6 is 0 Å². The van der Waals surface area contributed by atoms with Gasteiger partial charge in [-0.1, -0.05) is 80.1 Å². The molecule has 1 heterocycles. The summed E-state index contributed by atoms with van der Waals surface area (Å²) in [6.45, 7) is 9.20. The minimum atomic E-state index is -4.04. The average Bonchev–Trinajstić information content (AvgIpc) is 2.98. The Hall–Kier alpha value is -3.82. The van der Waals surface area contributed by atoms with Crippen LogP contribution in [-0.2, 0) is 19.6 Å². The molecule has 1 aliphatic rings. The Kier molecular flexibility index (Phi) is 8.56. The largest absolute Gasteiger partial charge is 0.325 e. The zero-order valence-electron chi connectivity index (χ0n) is 23.7. The number of anilines is 1. The summed E-state index contributed by atoms with van der Waals surface area (Å²) in [5, 5.41) is 2.75. The third-order valence-electron chi connectivity index (χ3n) is 6.86. The highest BCUT2D eigenvalue weighted by molar-refractivity contribution is 7.89. The van der Waals surface area contributed by atoms with E-state index in [-0.39, 0.29) is 17.2 Å². The number of rotatable bonds is 8. The van der Waals surface area contributed by atoms with Crippen LogP contribution in [0.15, 0.2) is 76.6 Å². The lowest BCUT2D eigenvalue weighted by molar-refractivity contribution is -0.128. The summed E-state index contributed by atoms with van der Waals surface area (Å²) in [5.74, 6) is -1.05. The molecule has 0 saturated carbocycles. The summed E-state index contributed by atoms with van der Waals surface area (Å²) in [5.41, 5.74) is 4.93. The van der Waals surface area contributed by atoms with E-state index in [9.17, 15) is 18.0 Å². The Morgan fingerprint density at radius 3 is 2.20 bits per heavy atom. The van der Waals surface area contributed by atoms with Crippen LogP contribution in [0.1, 0.15) is 48.1 Å². The second-order valence-electron chi connectivity index (χ2n) is 10.7. The maximum absolute atomic E-state index is 13.7. The molecular weight excluding hydrogens is 524 g/mol. The summed E-state index contributed by atoms with van der Waals surface area (Å²) in [6, 6.07) is 19.4. The predicted octanol–water partition coefficient (Wildman–Crippen LogP) is 4.26. The molecule has 4 rings (SSSR count). The number of benzodiazepines with no additional fused rings is 1. The number of sulfonamides is 1. The van der Waals surface area contributed by atoms with Gasteiger partial charge in [-0.15, -0.1) is 0 Å². The van der Waals surface area contributed by atoms with E-state index in [4.69, 9.17) is 4.99 Å². The van der Waals surface area contributed by atoms with E-state index in [1.165, 1.54) is 4.90 Å². The van der Waals surface area contributed by atoms with E-state index in [0.717, 1.165) is 16.7 Å². The summed E-state index contributed by atoms with van der Waals surface area (Å²) in [7, 11) is -2.40. The Balaban J connectivity index is 1.70. The zero-order valence-corrected chi connectivity index (χ0v) is 24.5. The monoisotopic (exact) mass is 560 g/mol. The van der Waals surface area contributed by atoms with Gasteiger partial charge in [0.2, 0.25) is 22.1 Å². The molecule has 3 aromatic rings. The Morgan fingerprint density at radius 2 is 1.57 bits per heavy atom.